The molecule has 0 saturated heterocycles. The number of aromatic nitrogens is 5. The molecule has 7 nitrogen and oxygen atoms in total. The number of hydrogen-bond acceptors (Lipinski definition) is 4. The number of hydrogen-bond donors (Lipinski definition) is 1. The van der Waals surface area contributed by atoms with Crippen LogP contribution in [-0.4, -0.2) is 30.5 Å². The third kappa shape index (κ3) is 3.84. The second kappa shape index (κ2) is 8.08. The fourth-order valence-corrected chi connectivity index (χ4v) is 3.32. The van der Waals surface area contributed by atoms with E-state index in [0.29, 0.717) is 16.9 Å². The van der Waals surface area contributed by atoms with Crippen molar-refractivity contribution in [1.82, 2.24) is 24.5 Å². The molecule has 0 radical (unpaired) electrons. The van der Waals surface area contributed by atoms with Gasteiger partial charge in [0.2, 0.25) is 0 Å². The van der Waals surface area contributed by atoms with Crippen molar-refractivity contribution in [3.63, 3.8) is 0 Å². The van der Waals surface area contributed by atoms with Gasteiger partial charge in [0.1, 0.15) is 5.69 Å². The number of nitrogens with one attached hydrogen (secondary N) is 1. The van der Waals surface area contributed by atoms with Gasteiger partial charge in [-0.05, 0) is 48.5 Å². The lowest BCUT2D eigenvalue weighted by atomic mass is 10.1. The van der Waals surface area contributed by atoms with Gasteiger partial charge in [-0.25, -0.2) is 9.36 Å². The van der Waals surface area contributed by atoms with Crippen LogP contribution in [0.1, 0.15) is 10.4 Å². The second-order valence-electron chi connectivity index (χ2n) is 6.87. The number of benzene rings is 2. The van der Waals surface area contributed by atoms with Crippen molar-refractivity contribution in [2.75, 3.05) is 5.32 Å². The SMILES string of the molecule is O=C(Nc1cccc(-n2cccn2)c1)c1cn(-c2ccccc2)nc1-c1cccnc1. The van der Waals surface area contributed by atoms with Crippen LogP contribution >= 0.6 is 0 Å². The molecule has 0 aliphatic rings. The molecule has 150 valence electrons. The quantitative estimate of drug-likeness (QED) is 0.470. The van der Waals surface area contributed by atoms with Gasteiger partial charge in [-0.1, -0.05) is 24.3 Å². The molecule has 2 aromatic carbocycles. The number of amides is 1. The molecule has 0 aliphatic heterocycles. The summed E-state index contributed by atoms with van der Waals surface area (Å²) in [6, 6.07) is 22.8. The Morgan fingerprint density at radius 2 is 1.71 bits per heavy atom. The molecule has 0 spiro atoms. The van der Waals surface area contributed by atoms with E-state index in [0.717, 1.165) is 16.9 Å². The Hall–Kier alpha value is -4.52. The summed E-state index contributed by atoms with van der Waals surface area (Å²) in [5, 5.41) is 11.9. The lowest BCUT2D eigenvalue weighted by molar-refractivity contribution is 0.102. The van der Waals surface area contributed by atoms with E-state index in [4.69, 9.17) is 0 Å². The van der Waals surface area contributed by atoms with Gasteiger partial charge in [-0.15, -0.1) is 0 Å². The van der Waals surface area contributed by atoms with Gasteiger partial charge in [0, 0.05) is 42.2 Å². The smallest absolute Gasteiger partial charge is 0.259 e. The Bertz CT molecular complexity index is 1310. The number of rotatable bonds is 5. The summed E-state index contributed by atoms with van der Waals surface area (Å²) < 4.78 is 3.45. The molecule has 3 heterocycles. The maximum atomic E-state index is 13.2. The number of carbonyl (C=O) groups is 1. The first-order valence-corrected chi connectivity index (χ1v) is 9.75. The van der Waals surface area contributed by atoms with Crippen molar-refractivity contribution in [3.8, 4) is 22.6 Å². The van der Waals surface area contributed by atoms with Crippen LogP contribution in [0.4, 0.5) is 5.69 Å². The first-order chi connectivity index (χ1) is 15.3. The molecule has 0 bridgehead atoms. The van der Waals surface area contributed by atoms with Gasteiger partial charge in [-0.2, -0.15) is 10.2 Å². The molecule has 5 aromatic rings. The molecule has 31 heavy (non-hydrogen) atoms. The van der Waals surface area contributed by atoms with Gasteiger partial charge in [0.25, 0.3) is 5.91 Å². The molecule has 0 unspecified atom stereocenters. The highest BCUT2D eigenvalue weighted by atomic mass is 16.1. The molecular formula is C24H18N6O. The average molecular weight is 406 g/mol. The number of carbonyl (C=O) groups excluding carboxylic acids is 1. The van der Waals surface area contributed by atoms with Crippen LogP contribution in [0, 0.1) is 0 Å². The van der Waals surface area contributed by atoms with Crippen LogP contribution in [0.15, 0.2) is 104 Å². The van der Waals surface area contributed by atoms with Gasteiger partial charge < -0.3 is 5.32 Å². The fraction of sp³-hybridized carbons (Fsp3) is 0. The monoisotopic (exact) mass is 406 g/mol. The largest absolute Gasteiger partial charge is 0.322 e. The minimum Gasteiger partial charge on any atom is -0.322 e. The van der Waals surface area contributed by atoms with Gasteiger partial charge in [-0.3, -0.25) is 9.78 Å². The van der Waals surface area contributed by atoms with E-state index in [1.807, 2.05) is 79.0 Å². The minimum atomic E-state index is -0.251. The van der Waals surface area contributed by atoms with E-state index < -0.39 is 0 Å². The van der Waals surface area contributed by atoms with Gasteiger partial charge in [0.05, 0.1) is 16.9 Å². The molecule has 3 aromatic heterocycles. The van der Waals surface area contributed by atoms with E-state index in [1.54, 1.807) is 34.2 Å². The summed E-state index contributed by atoms with van der Waals surface area (Å²) in [4.78, 5) is 17.4. The summed E-state index contributed by atoms with van der Waals surface area (Å²) in [5.74, 6) is -0.251. The minimum absolute atomic E-state index is 0.251. The normalized spacial score (nSPS) is 10.7. The van der Waals surface area contributed by atoms with Crippen molar-refractivity contribution < 1.29 is 4.79 Å². The van der Waals surface area contributed by atoms with Crippen molar-refractivity contribution >= 4 is 11.6 Å². The summed E-state index contributed by atoms with van der Waals surface area (Å²) in [7, 11) is 0. The highest BCUT2D eigenvalue weighted by Gasteiger charge is 2.19. The fourth-order valence-electron chi connectivity index (χ4n) is 3.32. The van der Waals surface area contributed by atoms with Crippen LogP contribution in [-0.2, 0) is 0 Å². The maximum absolute atomic E-state index is 13.2. The average Bonchev–Trinajstić information content (AvgIpc) is 3.51. The Morgan fingerprint density at radius 1 is 0.839 bits per heavy atom. The van der Waals surface area contributed by atoms with Crippen LogP contribution in [0.25, 0.3) is 22.6 Å². The lowest BCUT2D eigenvalue weighted by Gasteiger charge is -2.08. The highest BCUT2D eigenvalue weighted by molar-refractivity contribution is 6.08. The molecule has 0 aliphatic carbocycles. The first kappa shape index (κ1) is 18.5. The third-order valence-corrected chi connectivity index (χ3v) is 4.79. The van der Waals surface area contributed by atoms with Crippen LogP contribution in [0.5, 0.6) is 0 Å². The van der Waals surface area contributed by atoms with Crippen LogP contribution in [0.3, 0.4) is 0 Å². The first-order valence-electron chi connectivity index (χ1n) is 9.75. The van der Waals surface area contributed by atoms with E-state index in [-0.39, 0.29) is 5.91 Å². The molecule has 0 atom stereocenters. The number of pyridine rings is 1. The molecule has 0 saturated carbocycles. The summed E-state index contributed by atoms with van der Waals surface area (Å²) in [6.45, 7) is 0. The predicted octanol–water partition coefficient (Wildman–Crippen LogP) is 4.37. The highest BCUT2D eigenvalue weighted by Crippen LogP contribution is 2.24. The van der Waals surface area contributed by atoms with Gasteiger partial charge in [0.15, 0.2) is 0 Å². The summed E-state index contributed by atoms with van der Waals surface area (Å²) >= 11 is 0. The second-order valence-corrected chi connectivity index (χ2v) is 6.87. The van der Waals surface area contributed by atoms with Crippen molar-refractivity contribution in [3.05, 3.63) is 109 Å². The summed E-state index contributed by atoms with van der Waals surface area (Å²) in [5.41, 5.74) is 4.19. The van der Waals surface area contributed by atoms with Crippen molar-refractivity contribution in [2.45, 2.75) is 0 Å². The van der Waals surface area contributed by atoms with Crippen LogP contribution < -0.4 is 5.32 Å². The van der Waals surface area contributed by atoms with E-state index in [2.05, 4.69) is 20.5 Å². The summed E-state index contributed by atoms with van der Waals surface area (Å²) in [6.07, 6.45) is 8.70. The van der Waals surface area contributed by atoms with E-state index >= 15 is 0 Å². The third-order valence-electron chi connectivity index (χ3n) is 4.79. The van der Waals surface area contributed by atoms with Crippen LogP contribution in [0.2, 0.25) is 0 Å². The Balaban J connectivity index is 1.51. The molecule has 7 heteroatoms. The van der Waals surface area contributed by atoms with Gasteiger partial charge >= 0.3 is 0 Å². The zero-order chi connectivity index (χ0) is 21.0. The molecule has 0 fully saturated rings. The number of anilines is 1. The zero-order valence-corrected chi connectivity index (χ0v) is 16.5. The molecule has 1 amide bonds. The molecular weight excluding hydrogens is 388 g/mol. The zero-order valence-electron chi connectivity index (χ0n) is 16.5. The Labute approximate surface area is 178 Å². The molecule has 5 rings (SSSR count). The van der Waals surface area contributed by atoms with Crippen molar-refractivity contribution in [2.24, 2.45) is 0 Å². The lowest BCUT2D eigenvalue weighted by Crippen LogP contribution is -2.12. The maximum Gasteiger partial charge on any atom is 0.259 e. The number of nitrogens with zero attached hydrogens (tertiary/aromatic N) is 5. The predicted molar refractivity (Wildman–Crippen MR) is 118 cm³/mol. The van der Waals surface area contributed by atoms with E-state index in [9.17, 15) is 4.79 Å². The number of para-hydroxylation sites is 1. The standard InChI is InChI=1S/C24H18N6O/c31-24(27-19-8-4-11-21(15-19)29-14-6-13-26-29)22-17-30(20-9-2-1-3-10-20)28-23(22)18-7-5-12-25-16-18/h1-17H,(H,27,31). The Kier molecular flexibility index (Phi) is 4.82. The van der Waals surface area contributed by atoms with Crippen molar-refractivity contribution in [1.29, 1.82) is 0 Å². The Morgan fingerprint density at radius 3 is 2.48 bits per heavy atom. The van der Waals surface area contributed by atoms with E-state index in [1.165, 1.54) is 0 Å². The molecule has 1 N–H and O–H groups in total. The topological polar surface area (TPSA) is 77.6 Å².